The number of carbonyl (C=O) groups is 1. The fourth-order valence-corrected chi connectivity index (χ4v) is 7.41. The first-order valence-corrected chi connectivity index (χ1v) is 11.4. The summed E-state index contributed by atoms with van der Waals surface area (Å²) in [6.07, 6.45) is 8.48. The average molecular weight is 391 g/mol. The van der Waals surface area contributed by atoms with Gasteiger partial charge in [-0.1, -0.05) is 19.0 Å². The summed E-state index contributed by atoms with van der Waals surface area (Å²) in [5.74, 6) is 2.40. The molecule has 4 fully saturated rings. The zero-order chi connectivity index (χ0) is 19.9. The summed E-state index contributed by atoms with van der Waals surface area (Å²) in [6.45, 7) is 6.21. The minimum absolute atomic E-state index is 0.118. The number of ketones is 1. The largest absolute Gasteiger partial charge is 0.396 e. The summed E-state index contributed by atoms with van der Waals surface area (Å²) in [4.78, 5) is 18.1. The Hall–Kier alpha value is -0.940. The van der Waals surface area contributed by atoms with E-state index in [4.69, 9.17) is 4.84 Å². The van der Waals surface area contributed by atoms with Gasteiger partial charge in [0.15, 0.2) is 0 Å². The van der Waals surface area contributed by atoms with Crippen molar-refractivity contribution in [3.05, 3.63) is 0 Å². The third kappa shape index (κ3) is 3.23. The number of aliphatic hydroxyl groups is 1. The van der Waals surface area contributed by atoms with E-state index in [-0.39, 0.29) is 22.9 Å². The first-order chi connectivity index (χ1) is 13.4. The molecule has 158 valence electrons. The van der Waals surface area contributed by atoms with Crippen LogP contribution in [-0.4, -0.2) is 42.9 Å². The summed E-state index contributed by atoms with van der Waals surface area (Å²) in [5.41, 5.74) is 1.17. The van der Waals surface area contributed by atoms with E-state index in [0.717, 1.165) is 70.0 Å². The second kappa shape index (κ2) is 7.71. The second-order valence-corrected chi connectivity index (χ2v) is 10.4. The molecule has 0 aromatic rings. The molecule has 0 saturated heterocycles. The van der Waals surface area contributed by atoms with Gasteiger partial charge in [0.25, 0.3) is 0 Å². The quantitative estimate of drug-likeness (QED) is 0.556. The van der Waals surface area contributed by atoms with Gasteiger partial charge >= 0.3 is 0 Å². The Balaban J connectivity index is 1.47. The van der Waals surface area contributed by atoms with Crippen molar-refractivity contribution in [1.82, 2.24) is 5.32 Å². The van der Waals surface area contributed by atoms with Crippen LogP contribution < -0.4 is 5.32 Å². The third-order valence-electron chi connectivity index (χ3n) is 9.08. The molecule has 4 aliphatic carbocycles. The van der Waals surface area contributed by atoms with Crippen LogP contribution in [0.25, 0.3) is 0 Å². The Morgan fingerprint density at radius 1 is 1.18 bits per heavy atom. The van der Waals surface area contributed by atoms with E-state index in [0.29, 0.717) is 30.1 Å². The van der Waals surface area contributed by atoms with Gasteiger partial charge in [-0.05, 0) is 94.0 Å². The zero-order valence-corrected chi connectivity index (χ0v) is 17.9. The van der Waals surface area contributed by atoms with Crippen molar-refractivity contribution in [2.45, 2.75) is 77.7 Å². The highest BCUT2D eigenvalue weighted by Gasteiger charge is 2.61. The molecule has 4 rings (SSSR count). The van der Waals surface area contributed by atoms with Crippen molar-refractivity contribution < 1.29 is 14.7 Å². The van der Waals surface area contributed by atoms with Crippen molar-refractivity contribution in [3.63, 3.8) is 0 Å². The van der Waals surface area contributed by atoms with E-state index in [1.807, 2.05) is 7.05 Å². The molecule has 0 aromatic heterocycles. The first kappa shape index (κ1) is 20.3. The molecule has 4 aliphatic rings. The normalized spacial score (nSPS) is 46.8. The highest BCUT2D eigenvalue weighted by molar-refractivity contribution is 5.87. The van der Waals surface area contributed by atoms with Gasteiger partial charge in [0.05, 0.1) is 11.8 Å². The number of hydrogen-bond acceptors (Lipinski definition) is 5. The van der Waals surface area contributed by atoms with Gasteiger partial charge in [-0.15, -0.1) is 0 Å². The highest BCUT2D eigenvalue weighted by atomic mass is 16.6. The first-order valence-electron chi connectivity index (χ1n) is 11.4. The summed E-state index contributed by atoms with van der Waals surface area (Å²) < 4.78 is 0. The number of carbonyl (C=O) groups excluding carboxylic acids is 1. The van der Waals surface area contributed by atoms with Crippen LogP contribution in [0.15, 0.2) is 5.16 Å². The molecule has 0 radical (unpaired) electrons. The van der Waals surface area contributed by atoms with Crippen LogP contribution in [0.5, 0.6) is 0 Å². The number of hydrogen-bond donors (Lipinski definition) is 2. The fourth-order valence-electron chi connectivity index (χ4n) is 7.41. The Kier molecular flexibility index (Phi) is 5.60. The molecule has 0 aliphatic heterocycles. The van der Waals surface area contributed by atoms with E-state index in [2.05, 4.69) is 24.3 Å². The molecule has 5 nitrogen and oxygen atoms in total. The molecule has 0 heterocycles. The van der Waals surface area contributed by atoms with Crippen LogP contribution in [0.4, 0.5) is 0 Å². The number of Topliss-reactive ketones (excluding diaryl/α,β-unsaturated/α-hetero) is 1. The summed E-state index contributed by atoms with van der Waals surface area (Å²) in [7, 11) is 1.95. The van der Waals surface area contributed by atoms with Crippen molar-refractivity contribution in [2.75, 3.05) is 20.2 Å². The molecule has 7 atom stereocenters. The number of fused-ring (bicyclic) bond motifs is 5. The molecule has 1 unspecified atom stereocenters. The smallest absolute Gasteiger partial charge is 0.139 e. The number of nitrogens with zero attached hydrogens (tertiary/aromatic N) is 1. The van der Waals surface area contributed by atoms with Crippen LogP contribution in [0, 0.1) is 34.5 Å². The van der Waals surface area contributed by atoms with E-state index in [1.54, 1.807) is 0 Å². The van der Waals surface area contributed by atoms with Gasteiger partial charge in [-0.25, -0.2) is 0 Å². The second-order valence-electron chi connectivity index (χ2n) is 10.4. The molecule has 4 saturated carbocycles. The predicted molar refractivity (Wildman–Crippen MR) is 110 cm³/mol. The van der Waals surface area contributed by atoms with E-state index >= 15 is 0 Å². The van der Waals surface area contributed by atoms with Crippen LogP contribution in [0.2, 0.25) is 0 Å². The number of rotatable bonds is 5. The molecule has 0 bridgehead atoms. The lowest BCUT2D eigenvalue weighted by Crippen LogP contribution is -2.57. The van der Waals surface area contributed by atoms with E-state index < -0.39 is 0 Å². The summed E-state index contributed by atoms with van der Waals surface area (Å²) in [6, 6.07) is 0. The van der Waals surface area contributed by atoms with Crippen LogP contribution in [0.3, 0.4) is 0 Å². The fraction of sp³-hybridized carbons (Fsp3) is 0.913. The number of nitrogens with one attached hydrogen (secondary N) is 1. The molecular weight excluding hydrogens is 352 g/mol. The lowest BCUT2D eigenvalue weighted by Gasteiger charge is -2.60. The highest BCUT2D eigenvalue weighted by Crippen LogP contribution is 2.65. The van der Waals surface area contributed by atoms with E-state index in [1.165, 1.54) is 0 Å². The Labute approximate surface area is 169 Å². The van der Waals surface area contributed by atoms with Crippen LogP contribution in [-0.2, 0) is 9.63 Å². The maximum atomic E-state index is 12.6. The maximum absolute atomic E-state index is 12.6. The number of aliphatic hydroxyl groups excluding tert-OH is 1. The molecule has 0 spiro atoms. The SMILES string of the molecule is CNCCCO/N=C1/CC[C@@]2(C)[C@H](C1)C(O)C[C@@H]1[C@@H]2CC[C@]2(C)C(=O)CC[C@@H]12. The molecular formula is C23H38N2O3. The molecule has 0 amide bonds. The van der Waals surface area contributed by atoms with Gasteiger partial charge in [0.2, 0.25) is 0 Å². The molecule has 5 heteroatoms. The Morgan fingerprint density at radius 3 is 2.79 bits per heavy atom. The third-order valence-corrected chi connectivity index (χ3v) is 9.08. The molecule has 2 N–H and O–H groups in total. The van der Waals surface area contributed by atoms with Gasteiger partial charge in [-0.3, -0.25) is 4.79 Å². The van der Waals surface area contributed by atoms with Crippen molar-refractivity contribution in [3.8, 4) is 0 Å². The minimum atomic E-state index is -0.279. The van der Waals surface area contributed by atoms with Crippen molar-refractivity contribution in [2.24, 2.45) is 39.7 Å². The summed E-state index contributed by atoms with van der Waals surface area (Å²) in [5, 5.41) is 18.7. The van der Waals surface area contributed by atoms with Gasteiger partial charge in [-0.2, -0.15) is 0 Å². The van der Waals surface area contributed by atoms with Gasteiger partial charge in [0.1, 0.15) is 12.4 Å². The van der Waals surface area contributed by atoms with E-state index in [9.17, 15) is 9.90 Å². The van der Waals surface area contributed by atoms with Gasteiger partial charge in [0, 0.05) is 11.8 Å². The van der Waals surface area contributed by atoms with Crippen molar-refractivity contribution >= 4 is 11.5 Å². The minimum Gasteiger partial charge on any atom is -0.396 e. The predicted octanol–water partition coefficient (Wildman–Crippen LogP) is 3.55. The zero-order valence-electron chi connectivity index (χ0n) is 17.9. The Bertz CT molecular complexity index is 635. The lowest BCUT2D eigenvalue weighted by molar-refractivity contribution is -0.153. The monoisotopic (exact) mass is 390 g/mol. The van der Waals surface area contributed by atoms with Crippen molar-refractivity contribution in [1.29, 1.82) is 0 Å². The molecule has 0 aromatic carbocycles. The summed E-state index contributed by atoms with van der Waals surface area (Å²) >= 11 is 0. The number of oxime groups is 1. The van der Waals surface area contributed by atoms with Gasteiger partial charge < -0.3 is 15.3 Å². The average Bonchev–Trinajstić information content (AvgIpc) is 2.98. The van der Waals surface area contributed by atoms with Crippen LogP contribution in [0.1, 0.15) is 71.6 Å². The Morgan fingerprint density at radius 2 is 2.00 bits per heavy atom. The topological polar surface area (TPSA) is 70.9 Å². The van der Waals surface area contributed by atoms with Crippen LogP contribution >= 0.6 is 0 Å². The lowest BCUT2D eigenvalue weighted by atomic mass is 9.44. The molecule has 28 heavy (non-hydrogen) atoms. The maximum Gasteiger partial charge on any atom is 0.139 e. The standard InChI is InChI=1S/C23H38N2O3/c1-22-9-7-15(25-28-12-4-11-24-3)13-19(22)20(26)14-16-17-5-6-21(27)23(17,2)10-8-18(16)22/h16-20,24,26H,4-14H2,1-3H3/b25-15-/t16-,17-,18-,19+,20?,22+,23-/m0/s1.